The van der Waals surface area contributed by atoms with E-state index in [9.17, 15) is 37.5 Å². The fourth-order valence-electron chi connectivity index (χ4n) is 7.40. The van der Waals surface area contributed by atoms with Crippen LogP contribution < -0.4 is 25.7 Å². The summed E-state index contributed by atoms with van der Waals surface area (Å²) < 4.78 is 35.5. The molecule has 6 rings (SSSR count). The second-order valence-electron chi connectivity index (χ2n) is 14.9. The van der Waals surface area contributed by atoms with Crippen molar-refractivity contribution in [1.29, 1.82) is 0 Å². The summed E-state index contributed by atoms with van der Waals surface area (Å²) in [4.78, 5) is 68.7. The Morgan fingerprint density at radius 1 is 1.08 bits per heavy atom. The number of rotatable bonds is 7. The number of aromatic nitrogens is 2. The summed E-state index contributed by atoms with van der Waals surface area (Å²) in [6, 6.07) is 4.15. The van der Waals surface area contributed by atoms with E-state index in [2.05, 4.69) is 20.5 Å². The molecule has 15 nitrogen and oxygen atoms in total. The Morgan fingerprint density at radius 3 is 2.45 bits per heavy atom. The second kappa shape index (κ2) is 13.9. The van der Waals surface area contributed by atoms with Gasteiger partial charge in [0, 0.05) is 12.3 Å². The van der Waals surface area contributed by atoms with Crippen LogP contribution in [-0.4, -0.2) is 87.5 Å². The minimum atomic E-state index is -3.92. The Bertz CT molecular complexity index is 1930. The normalized spacial score (nSPS) is 30.1. The van der Waals surface area contributed by atoms with Crippen molar-refractivity contribution in [2.75, 3.05) is 6.54 Å². The fourth-order valence-corrected chi connectivity index (χ4v) is 8.77. The minimum absolute atomic E-state index is 0.0441. The summed E-state index contributed by atoms with van der Waals surface area (Å²) >= 11 is 0. The maximum atomic E-state index is 14.4. The highest BCUT2D eigenvalue weighted by atomic mass is 32.2. The van der Waals surface area contributed by atoms with Crippen LogP contribution in [0.1, 0.15) is 78.7 Å². The predicted octanol–water partition coefficient (Wildman–Crippen LogP) is 2.46. The van der Waals surface area contributed by atoms with Gasteiger partial charge in [-0.2, -0.15) is 0 Å². The maximum absolute atomic E-state index is 14.4. The first-order valence-electron chi connectivity index (χ1n) is 17.6. The van der Waals surface area contributed by atoms with Crippen LogP contribution in [0.25, 0.3) is 10.8 Å². The lowest BCUT2D eigenvalue weighted by Gasteiger charge is -2.32. The van der Waals surface area contributed by atoms with Crippen LogP contribution in [0.3, 0.4) is 0 Å². The summed E-state index contributed by atoms with van der Waals surface area (Å²) in [6.45, 7) is 7.31. The summed E-state index contributed by atoms with van der Waals surface area (Å²) in [5.41, 5.74) is -1.85. The van der Waals surface area contributed by atoms with Crippen LogP contribution in [0, 0.1) is 17.8 Å². The van der Waals surface area contributed by atoms with Gasteiger partial charge in [-0.25, -0.2) is 17.9 Å². The molecule has 1 saturated heterocycles. The Balaban J connectivity index is 1.36. The molecule has 7 atom stereocenters. The van der Waals surface area contributed by atoms with Crippen LogP contribution in [-0.2, 0) is 24.4 Å². The standard InChI is InChI=1S/C35H46N6O9S/c1-19(2)41-31(43)26-12-8-7-11-25(26)30(38-41)50-23-16-27-29(42)37-35(33(45)39-51(48,49)24-13-14-24)17-22(35)10-6-5-9-20(3)15-21(4)28(36-34(46)47)32(44)40(27)18-23/h6-8,10-12,19-24,27-28,36H,5,9,13-18H2,1-4H3,(H,37,42)(H,39,45)(H,46,47)/t20-,21+,22+,23+,27-,28-,35+/m0/s1. The number of nitrogens with one attached hydrogen (secondary N) is 3. The van der Waals surface area contributed by atoms with E-state index in [-0.39, 0.29) is 42.8 Å². The quantitative estimate of drug-likeness (QED) is 0.307. The maximum Gasteiger partial charge on any atom is 0.405 e. The number of ether oxygens (including phenoxy) is 1. The molecule has 1 aromatic heterocycles. The Labute approximate surface area is 296 Å². The van der Waals surface area contributed by atoms with Gasteiger partial charge in [-0.15, -0.1) is 5.10 Å². The van der Waals surface area contributed by atoms with Crippen molar-refractivity contribution in [1.82, 2.24) is 30.0 Å². The molecule has 51 heavy (non-hydrogen) atoms. The molecule has 0 unspecified atom stereocenters. The van der Waals surface area contributed by atoms with Crippen LogP contribution in [0.4, 0.5) is 4.79 Å². The smallest absolute Gasteiger partial charge is 0.405 e. The van der Waals surface area contributed by atoms with Crippen molar-refractivity contribution >= 4 is 44.6 Å². The molecule has 2 aliphatic carbocycles. The number of carboxylic acid groups (broad SMARTS) is 1. The first-order valence-corrected chi connectivity index (χ1v) is 19.2. The molecule has 4 amide bonds. The van der Waals surface area contributed by atoms with E-state index in [0.29, 0.717) is 36.5 Å². The van der Waals surface area contributed by atoms with Gasteiger partial charge >= 0.3 is 6.09 Å². The van der Waals surface area contributed by atoms with E-state index in [0.717, 1.165) is 6.42 Å². The first-order chi connectivity index (χ1) is 24.1. The van der Waals surface area contributed by atoms with E-state index in [4.69, 9.17) is 4.74 Å². The molecule has 16 heteroatoms. The summed E-state index contributed by atoms with van der Waals surface area (Å²) in [5.74, 6) is -2.80. The predicted molar refractivity (Wildman–Crippen MR) is 186 cm³/mol. The lowest BCUT2D eigenvalue weighted by molar-refractivity contribution is -0.142. The summed E-state index contributed by atoms with van der Waals surface area (Å²) in [7, 11) is -3.92. The topological polar surface area (TPSA) is 206 Å². The van der Waals surface area contributed by atoms with Crippen LogP contribution in [0.2, 0.25) is 0 Å². The zero-order valence-electron chi connectivity index (χ0n) is 29.2. The Morgan fingerprint density at radius 2 is 1.78 bits per heavy atom. The van der Waals surface area contributed by atoms with Gasteiger partial charge in [0.15, 0.2) is 0 Å². The molecule has 3 fully saturated rings. The third-order valence-electron chi connectivity index (χ3n) is 10.5. The van der Waals surface area contributed by atoms with Crippen LogP contribution >= 0.6 is 0 Å². The van der Waals surface area contributed by atoms with Gasteiger partial charge in [0.25, 0.3) is 11.5 Å². The molecule has 4 N–H and O–H groups in total. The number of allylic oxidation sites excluding steroid dienone is 1. The van der Waals surface area contributed by atoms with Crippen molar-refractivity contribution < 1.29 is 37.4 Å². The van der Waals surface area contributed by atoms with Crippen molar-refractivity contribution in [2.24, 2.45) is 17.8 Å². The number of hydrogen-bond donors (Lipinski definition) is 4. The lowest BCUT2D eigenvalue weighted by atomic mass is 9.88. The SMILES string of the molecule is CC(C)n1nc(O[C@@H]2C[C@H]3C(=O)N[C@]4(C(=O)NS(=O)(=O)C5CC5)C[C@H]4C=CCC[C@H](C)C[C@@H](C)[C@H](NC(=O)O)C(=O)N3C2)c2ccccc2c1=O. The van der Waals surface area contributed by atoms with Gasteiger partial charge < -0.3 is 25.4 Å². The number of sulfonamides is 1. The molecule has 276 valence electrons. The van der Waals surface area contributed by atoms with E-state index < -0.39 is 74.7 Å². The number of fused-ring (bicyclic) bond motifs is 3. The van der Waals surface area contributed by atoms with Gasteiger partial charge in [0.1, 0.15) is 23.7 Å². The molecule has 4 aliphatic rings. The third-order valence-corrected chi connectivity index (χ3v) is 12.3. The highest BCUT2D eigenvalue weighted by Gasteiger charge is 2.62. The fraction of sp³-hybridized carbons (Fsp3) is 0.600. The monoisotopic (exact) mass is 726 g/mol. The van der Waals surface area contributed by atoms with Crippen LogP contribution in [0.5, 0.6) is 5.88 Å². The van der Waals surface area contributed by atoms with E-state index in [1.54, 1.807) is 31.2 Å². The molecule has 2 aliphatic heterocycles. The van der Waals surface area contributed by atoms with Crippen molar-refractivity contribution in [3.05, 3.63) is 46.8 Å². The van der Waals surface area contributed by atoms with E-state index >= 15 is 0 Å². The largest absolute Gasteiger partial charge is 0.471 e. The zero-order valence-corrected chi connectivity index (χ0v) is 30.0. The average molecular weight is 727 g/mol. The van der Waals surface area contributed by atoms with E-state index in [1.165, 1.54) is 9.58 Å². The van der Waals surface area contributed by atoms with E-state index in [1.807, 2.05) is 32.9 Å². The molecule has 2 aromatic rings. The molecular formula is C35H46N6O9S. The molecule has 1 aromatic carbocycles. The number of carbonyl (C=O) groups excluding carboxylic acids is 3. The number of benzene rings is 1. The molecule has 0 radical (unpaired) electrons. The molecule has 2 saturated carbocycles. The highest BCUT2D eigenvalue weighted by Crippen LogP contribution is 2.46. The molecule has 3 heterocycles. The number of carbonyl (C=O) groups is 4. The Hall–Kier alpha value is -4.47. The average Bonchev–Trinajstić information content (AvgIpc) is 3.99. The van der Waals surface area contributed by atoms with Crippen molar-refractivity contribution in [3.63, 3.8) is 0 Å². The summed E-state index contributed by atoms with van der Waals surface area (Å²) in [5, 5.41) is 19.6. The second-order valence-corrected chi connectivity index (χ2v) is 16.8. The first kappa shape index (κ1) is 36.3. The summed E-state index contributed by atoms with van der Waals surface area (Å²) in [6.07, 6.45) is 4.47. The minimum Gasteiger partial charge on any atom is -0.471 e. The lowest BCUT2D eigenvalue weighted by Crippen LogP contribution is -2.59. The number of amides is 4. The molecule has 0 spiro atoms. The third kappa shape index (κ3) is 7.46. The number of nitrogens with zero attached hydrogens (tertiary/aromatic N) is 3. The van der Waals surface area contributed by atoms with Gasteiger partial charge in [-0.05, 0) is 76.3 Å². The van der Waals surface area contributed by atoms with Gasteiger partial charge in [0.05, 0.1) is 28.6 Å². The molecule has 0 bridgehead atoms. The van der Waals surface area contributed by atoms with Gasteiger partial charge in [-0.1, -0.05) is 38.1 Å². The van der Waals surface area contributed by atoms with Gasteiger partial charge in [0.2, 0.25) is 27.7 Å². The van der Waals surface area contributed by atoms with Crippen LogP contribution in [0.15, 0.2) is 41.2 Å². The Kier molecular flexibility index (Phi) is 9.92. The van der Waals surface area contributed by atoms with Crippen molar-refractivity contribution in [2.45, 2.75) is 108 Å². The van der Waals surface area contributed by atoms with Gasteiger partial charge in [-0.3, -0.25) is 23.9 Å². The van der Waals surface area contributed by atoms with Crippen molar-refractivity contribution in [3.8, 4) is 5.88 Å². The highest BCUT2D eigenvalue weighted by molar-refractivity contribution is 7.91. The zero-order chi connectivity index (χ0) is 36.8. The molecular weight excluding hydrogens is 680 g/mol. The number of hydrogen-bond acceptors (Lipinski definition) is 9.